The van der Waals surface area contributed by atoms with E-state index in [1.54, 1.807) is 0 Å². The summed E-state index contributed by atoms with van der Waals surface area (Å²) >= 11 is 1.85. The number of thioether (sulfide) groups is 1. The predicted octanol–water partition coefficient (Wildman–Crippen LogP) is 3.10. The molecule has 2 rings (SSSR count). The van der Waals surface area contributed by atoms with E-state index in [0.717, 1.165) is 16.3 Å². The van der Waals surface area contributed by atoms with E-state index >= 15 is 0 Å². The van der Waals surface area contributed by atoms with Crippen LogP contribution in [-0.2, 0) is 0 Å². The molecule has 17 heavy (non-hydrogen) atoms. The molecule has 0 saturated heterocycles. The second-order valence-corrected chi connectivity index (χ2v) is 5.95. The van der Waals surface area contributed by atoms with Crippen LogP contribution >= 0.6 is 11.8 Å². The van der Waals surface area contributed by atoms with Crippen molar-refractivity contribution in [2.75, 3.05) is 0 Å². The summed E-state index contributed by atoms with van der Waals surface area (Å²) in [5, 5.41) is 9.20. The van der Waals surface area contributed by atoms with Gasteiger partial charge in [0.1, 0.15) is 5.84 Å². The molecule has 0 bridgehead atoms. The van der Waals surface area contributed by atoms with E-state index in [1.165, 1.54) is 32.1 Å². The van der Waals surface area contributed by atoms with E-state index < -0.39 is 0 Å². The first kappa shape index (κ1) is 12.4. The first-order valence-corrected chi connectivity index (χ1v) is 7.03. The van der Waals surface area contributed by atoms with Gasteiger partial charge in [-0.05, 0) is 31.9 Å². The van der Waals surface area contributed by atoms with Gasteiger partial charge in [-0.1, -0.05) is 19.3 Å². The lowest BCUT2D eigenvalue weighted by Crippen LogP contribution is -2.13. The van der Waals surface area contributed by atoms with Crippen LogP contribution in [0.25, 0.3) is 0 Å². The lowest BCUT2D eigenvalue weighted by Gasteiger charge is -2.20. The number of pyridine rings is 1. The highest BCUT2D eigenvalue weighted by Gasteiger charge is 2.15. The Morgan fingerprint density at radius 2 is 2.06 bits per heavy atom. The largest absolute Gasteiger partial charge is 0.384 e. The van der Waals surface area contributed by atoms with E-state index in [2.05, 4.69) is 4.98 Å². The van der Waals surface area contributed by atoms with Crippen molar-refractivity contribution in [3.8, 4) is 0 Å². The van der Waals surface area contributed by atoms with Crippen LogP contribution in [0.15, 0.2) is 17.2 Å². The molecule has 0 aromatic carbocycles. The lowest BCUT2D eigenvalue weighted by molar-refractivity contribution is 0.515. The molecule has 1 aromatic heterocycles. The number of amidine groups is 1. The Kier molecular flexibility index (Phi) is 4.05. The number of rotatable bonds is 3. The standard InChI is InChI=1S/C13H19N3S/c1-9-7-10(13(14)15)8-12(16-9)17-11-5-3-2-4-6-11/h7-8,11H,2-6H2,1H3,(H3,14,15). The SMILES string of the molecule is Cc1cc(C(=N)N)cc(SC2CCCCC2)n1. The maximum atomic E-state index is 7.49. The van der Waals surface area contributed by atoms with Gasteiger partial charge in [-0.15, -0.1) is 11.8 Å². The smallest absolute Gasteiger partial charge is 0.122 e. The molecule has 0 unspecified atom stereocenters. The molecule has 4 heteroatoms. The summed E-state index contributed by atoms with van der Waals surface area (Å²) in [5.41, 5.74) is 7.26. The number of hydrogen-bond donors (Lipinski definition) is 2. The maximum absolute atomic E-state index is 7.49. The molecular formula is C13H19N3S. The van der Waals surface area contributed by atoms with Crippen LogP contribution < -0.4 is 5.73 Å². The third-order valence-corrected chi connectivity index (χ3v) is 4.34. The zero-order valence-electron chi connectivity index (χ0n) is 10.2. The van der Waals surface area contributed by atoms with Crippen molar-refractivity contribution < 1.29 is 0 Å². The number of nitrogen functional groups attached to an aromatic ring is 1. The van der Waals surface area contributed by atoms with Gasteiger partial charge in [-0.2, -0.15) is 0 Å². The van der Waals surface area contributed by atoms with Crippen LogP contribution in [0.4, 0.5) is 0 Å². The van der Waals surface area contributed by atoms with Gasteiger partial charge < -0.3 is 5.73 Å². The highest BCUT2D eigenvalue weighted by atomic mass is 32.2. The van der Waals surface area contributed by atoms with E-state index in [0.29, 0.717) is 5.25 Å². The van der Waals surface area contributed by atoms with Gasteiger partial charge >= 0.3 is 0 Å². The Labute approximate surface area is 107 Å². The van der Waals surface area contributed by atoms with Crippen molar-refractivity contribution in [3.05, 3.63) is 23.4 Å². The molecule has 0 radical (unpaired) electrons. The minimum Gasteiger partial charge on any atom is -0.384 e. The molecule has 1 fully saturated rings. The summed E-state index contributed by atoms with van der Waals surface area (Å²) in [7, 11) is 0. The highest BCUT2D eigenvalue weighted by molar-refractivity contribution is 7.99. The minimum absolute atomic E-state index is 0.126. The molecule has 0 spiro atoms. The van der Waals surface area contributed by atoms with Crippen molar-refractivity contribution in [2.45, 2.75) is 49.3 Å². The normalized spacial score (nSPS) is 17.0. The van der Waals surface area contributed by atoms with E-state index in [1.807, 2.05) is 30.8 Å². The number of aromatic nitrogens is 1. The van der Waals surface area contributed by atoms with Gasteiger partial charge in [0.25, 0.3) is 0 Å². The molecule has 0 amide bonds. The molecule has 1 aliphatic carbocycles. The summed E-state index contributed by atoms with van der Waals surface area (Å²) in [6.45, 7) is 1.96. The Morgan fingerprint density at radius 1 is 1.35 bits per heavy atom. The van der Waals surface area contributed by atoms with Crippen LogP contribution in [0, 0.1) is 12.3 Å². The van der Waals surface area contributed by atoms with Crippen molar-refractivity contribution in [3.63, 3.8) is 0 Å². The Hall–Kier alpha value is -1.03. The Bertz CT molecular complexity index is 411. The summed E-state index contributed by atoms with van der Waals surface area (Å²) in [4.78, 5) is 4.52. The monoisotopic (exact) mass is 249 g/mol. The number of aryl methyl sites for hydroxylation is 1. The second kappa shape index (κ2) is 5.54. The second-order valence-electron chi connectivity index (χ2n) is 4.63. The number of nitrogens with one attached hydrogen (secondary N) is 1. The van der Waals surface area contributed by atoms with Gasteiger partial charge in [-0.3, -0.25) is 5.41 Å². The fraction of sp³-hybridized carbons (Fsp3) is 0.538. The minimum atomic E-state index is 0.126. The van der Waals surface area contributed by atoms with Gasteiger partial charge in [0.15, 0.2) is 0 Å². The first-order valence-electron chi connectivity index (χ1n) is 6.15. The van der Waals surface area contributed by atoms with Gasteiger partial charge in [0.2, 0.25) is 0 Å². The van der Waals surface area contributed by atoms with Crippen molar-refractivity contribution in [1.29, 1.82) is 5.41 Å². The zero-order chi connectivity index (χ0) is 12.3. The van der Waals surface area contributed by atoms with Crippen molar-refractivity contribution >= 4 is 17.6 Å². The molecule has 3 N–H and O–H groups in total. The van der Waals surface area contributed by atoms with Crippen LogP contribution in [0.5, 0.6) is 0 Å². The van der Waals surface area contributed by atoms with Gasteiger partial charge in [-0.25, -0.2) is 4.98 Å². The molecule has 0 aliphatic heterocycles. The first-order chi connectivity index (χ1) is 8.15. The van der Waals surface area contributed by atoms with E-state index in [4.69, 9.17) is 11.1 Å². The summed E-state index contributed by atoms with van der Waals surface area (Å²) in [6, 6.07) is 3.81. The van der Waals surface area contributed by atoms with Gasteiger partial charge in [0, 0.05) is 16.5 Å². The Balaban J connectivity index is 2.11. The fourth-order valence-electron chi connectivity index (χ4n) is 2.21. The molecule has 1 aromatic rings. The maximum Gasteiger partial charge on any atom is 0.122 e. The number of hydrogen-bond acceptors (Lipinski definition) is 3. The molecule has 1 heterocycles. The quantitative estimate of drug-likeness (QED) is 0.639. The third-order valence-electron chi connectivity index (χ3n) is 3.08. The molecule has 0 atom stereocenters. The Morgan fingerprint density at radius 3 is 2.71 bits per heavy atom. The van der Waals surface area contributed by atoms with Crippen LogP contribution in [0.1, 0.15) is 43.4 Å². The topological polar surface area (TPSA) is 62.8 Å². The number of nitrogens with zero attached hydrogens (tertiary/aromatic N) is 1. The van der Waals surface area contributed by atoms with E-state index in [9.17, 15) is 0 Å². The summed E-state index contributed by atoms with van der Waals surface area (Å²) in [6.07, 6.45) is 6.62. The lowest BCUT2D eigenvalue weighted by atomic mass is 10.0. The average Bonchev–Trinajstić information content (AvgIpc) is 2.29. The molecule has 1 aliphatic rings. The third kappa shape index (κ3) is 3.46. The van der Waals surface area contributed by atoms with Crippen molar-refractivity contribution in [1.82, 2.24) is 4.98 Å². The highest BCUT2D eigenvalue weighted by Crippen LogP contribution is 2.32. The predicted molar refractivity (Wildman–Crippen MR) is 72.7 cm³/mol. The average molecular weight is 249 g/mol. The van der Waals surface area contributed by atoms with Crippen molar-refractivity contribution in [2.24, 2.45) is 5.73 Å². The fourth-order valence-corrected chi connectivity index (χ4v) is 3.51. The summed E-state index contributed by atoms with van der Waals surface area (Å²) in [5.74, 6) is 0.126. The summed E-state index contributed by atoms with van der Waals surface area (Å²) < 4.78 is 0. The van der Waals surface area contributed by atoms with Crippen LogP contribution in [0.2, 0.25) is 0 Å². The molecule has 92 valence electrons. The van der Waals surface area contributed by atoms with Gasteiger partial charge in [0.05, 0.1) is 5.03 Å². The van der Waals surface area contributed by atoms with Crippen LogP contribution in [0.3, 0.4) is 0 Å². The zero-order valence-corrected chi connectivity index (χ0v) is 11.0. The molecule has 1 saturated carbocycles. The van der Waals surface area contributed by atoms with Crippen LogP contribution in [-0.4, -0.2) is 16.1 Å². The van der Waals surface area contributed by atoms with E-state index in [-0.39, 0.29) is 5.84 Å². The number of nitrogens with two attached hydrogens (primary N) is 1. The molecular weight excluding hydrogens is 230 g/mol. The molecule has 3 nitrogen and oxygen atoms in total.